The number of carbonyl (C=O) groups excluding carboxylic acids is 2. The molecular formula is C26H22ClNO4S. The topological polar surface area (TPSA) is 71.5 Å². The number of Topliss-reactive ketones (excluding diaryl/α,β-unsaturated/α-hetero) is 1. The molecule has 0 amide bonds. The van der Waals surface area contributed by atoms with Gasteiger partial charge in [0.15, 0.2) is 0 Å². The van der Waals surface area contributed by atoms with Crippen molar-refractivity contribution in [3.8, 4) is 0 Å². The van der Waals surface area contributed by atoms with Crippen LogP contribution in [0.3, 0.4) is 0 Å². The van der Waals surface area contributed by atoms with Crippen molar-refractivity contribution in [2.75, 3.05) is 4.31 Å². The average molecular weight is 480 g/mol. The second-order valence-electron chi connectivity index (χ2n) is 8.03. The van der Waals surface area contributed by atoms with Gasteiger partial charge in [-0.05, 0) is 49.2 Å². The minimum Gasteiger partial charge on any atom is -0.300 e. The van der Waals surface area contributed by atoms with Gasteiger partial charge in [0.1, 0.15) is 12.1 Å². The summed E-state index contributed by atoms with van der Waals surface area (Å²) in [4.78, 5) is 24.7. The number of fused-ring (bicyclic) bond motifs is 1. The maximum atomic E-state index is 14.0. The summed E-state index contributed by atoms with van der Waals surface area (Å²) in [6.45, 7) is 3.33. The van der Waals surface area contributed by atoms with Gasteiger partial charge in [0.05, 0.1) is 16.3 Å². The monoisotopic (exact) mass is 479 g/mol. The highest BCUT2D eigenvalue weighted by Crippen LogP contribution is 2.48. The van der Waals surface area contributed by atoms with Crippen LogP contribution in [0.4, 0.5) is 5.69 Å². The molecule has 0 fully saturated rings. The highest BCUT2D eigenvalue weighted by molar-refractivity contribution is 7.93. The molecule has 0 unspecified atom stereocenters. The Kier molecular flexibility index (Phi) is 6.23. The number of aldehydes is 1. The van der Waals surface area contributed by atoms with Gasteiger partial charge in [-0.1, -0.05) is 65.7 Å². The predicted octanol–water partition coefficient (Wildman–Crippen LogP) is 5.53. The lowest BCUT2D eigenvalue weighted by atomic mass is 9.81. The minimum absolute atomic E-state index is 0.0669. The van der Waals surface area contributed by atoms with Crippen molar-refractivity contribution in [2.24, 2.45) is 0 Å². The van der Waals surface area contributed by atoms with Gasteiger partial charge < -0.3 is 0 Å². The molecule has 7 heteroatoms. The molecule has 1 aliphatic heterocycles. The van der Waals surface area contributed by atoms with Crippen LogP contribution in [0.1, 0.15) is 36.0 Å². The lowest BCUT2D eigenvalue weighted by Crippen LogP contribution is -2.35. The van der Waals surface area contributed by atoms with E-state index in [1.54, 1.807) is 66.7 Å². The molecule has 33 heavy (non-hydrogen) atoms. The van der Waals surface area contributed by atoms with Crippen LogP contribution in [-0.4, -0.2) is 20.5 Å². The summed E-state index contributed by atoms with van der Waals surface area (Å²) < 4.78 is 29.2. The van der Waals surface area contributed by atoms with Gasteiger partial charge in [-0.15, -0.1) is 0 Å². The van der Waals surface area contributed by atoms with Crippen LogP contribution in [0.5, 0.6) is 0 Å². The van der Waals surface area contributed by atoms with E-state index in [0.717, 1.165) is 5.56 Å². The maximum absolute atomic E-state index is 14.0. The first kappa shape index (κ1) is 23.0. The highest BCUT2D eigenvalue weighted by Gasteiger charge is 2.40. The number of sulfonamides is 1. The summed E-state index contributed by atoms with van der Waals surface area (Å²) in [5.74, 6) is -0.700. The largest absolute Gasteiger partial charge is 0.300 e. The second kappa shape index (κ2) is 8.96. The van der Waals surface area contributed by atoms with Crippen LogP contribution in [0.25, 0.3) is 5.70 Å². The van der Waals surface area contributed by atoms with Crippen molar-refractivity contribution in [3.05, 3.63) is 100 Å². The fourth-order valence-corrected chi connectivity index (χ4v) is 5.87. The number of nitrogens with zero attached hydrogens (tertiary/aromatic N) is 1. The molecule has 1 heterocycles. The molecule has 168 valence electrons. The second-order valence-corrected chi connectivity index (χ2v) is 10.3. The zero-order chi connectivity index (χ0) is 23.8. The molecule has 4 rings (SSSR count). The Labute approximate surface area is 198 Å². The summed E-state index contributed by atoms with van der Waals surface area (Å²) in [6, 6.07) is 20.3. The first-order valence-corrected chi connectivity index (χ1v) is 12.2. The SMILES string of the molecule is CC(=O)C[C@H]1C(C=O)=C(c2ccccc2)N(S(=O)(=O)c2ccc(C)cc2)c2cc(Cl)ccc21. The van der Waals surface area contributed by atoms with Gasteiger partial charge in [-0.3, -0.25) is 9.59 Å². The summed E-state index contributed by atoms with van der Waals surface area (Å²) >= 11 is 6.30. The van der Waals surface area contributed by atoms with E-state index in [-0.39, 0.29) is 28.4 Å². The standard InChI is InChI=1S/C26H22ClNO4S/c1-17-8-11-21(12-9-17)33(31,32)28-25-15-20(27)10-13-22(25)23(14-18(2)30)24(16-29)26(28)19-6-4-3-5-7-19/h3-13,15-16,23H,14H2,1-2H3/t23-/m1/s1. The van der Waals surface area contributed by atoms with E-state index in [1.165, 1.54) is 11.2 Å². The number of allylic oxidation sites excluding steroid dienone is 1. The number of benzene rings is 3. The molecular weight excluding hydrogens is 458 g/mol. The summed E-state index contributed by atoms with van der Waals surface area (Å²) in [5.41, 5.74) is 2.83. The fourth-order valence-electron chi connectivity index (χ4n) is 4.15. The molecule has 0 bridgehead atoms. The van der Waals surface area contributed by atoms with Crippen molar-refractivity contribution in [2.45, 2.75) is 31.1 Å². The zero-order valence-corrected chi connectivity index (χ0v) is 19.7. The van der Waals surface area contributed by atoms with E-state index < -0.39 is 15.9 Å². The molecule has 3 aromatic carbocycles. The molecule has 5 nitrogen and oxygen atoms in total. The van der Waals surface area contributed by atoms with Crippen molar-refractivity contribution in [3.63, 3.8) is 0 Å². The number of hydrogen-bond donors (Lipinski definition) is 0. The molecule has 1 aliphatic rings. The first-order chi connectivity index (χ1) is 15.7. The maximum Gasteiger partial charge on any atom is 0.268 e. The lowest BCUT2D eigenvalue weighted by molar-refractivity contribution is -0.117. The van der Waals surface area contributed by atoms with Crippen LogP contribution in [0.15, 0.2) is 83.3 Å². The van der Waals surface area contributed by atoms with E-state index in [4.69, 9.17) is 11.6 Å². The summed E-state index contributed by atoms with van der Waals surface area (Å²) in [6.07, 6.45) is 0.725. The van der Waals surface area contributed by atoms with Gasteiger partial charge in [-0.25, -0.2) is 12.7 Å². The number of hydrogen-bond acceptors (Lipinski definition) is 4. The third-order valence-corrected chi connectivity index (χ3v) is 7.63. The first-order valence-electron chi connectivity index (χ1n) is 10.4. The number of halogens is 1. The van der Waals surface area contributed by atoms with E-state index >= 15 is 0 Å². The van der Waals surface area contributed by atoms with Crippen molar-refractivity contribution < 1.29 is 18.0 Å². The number of ketones is 1. The highest BCUT2D eigenvalue weighted by atomic mass is 35.5. The van der Waals surface area contributed by atoms with Crippen molar-refractivity contribution in [1.29, 1.82) is 0 Å². The Bertz CT molecular complexity index is 1360. The molecule has 0 saturated carbocycles. The van der Waals surface area contributed by atoms with Gasteiger partial charge >= 0.3 is 0 Å². The number of anilines is 1. The minimum atomic E-state index is -4.13. The normalized spacial score (nSPS) is 15.8. The van der Waals surface area contributed by atoms with Crippen LogP contribution < -0.4 is 4.31 Å². The molecule has 3 aromatic rings. The van der Waals surface area contributed by atoms with Gasteiger partial charge in [-0.2, -0.15) is 0 Å². The van der Waals surface area contributed by atoms with Crippen molar-refractivity contribution in [1.82, 2.24) is 0 Å². The van der Waals surface area contributed by atoms with Crippen molar-refractivity contribution >= 4 is 45.1 Å². The van der Waals surface area contributed by atoms with Crippen LogP contribution in [-0.2, 0) is 19.6 Å². The molecule has 1 atom stereocenters. The van der Waals surface area contributed by atoms with Gasteiger partial charge in [0.2, 0.25) is 0 Å². The van der Waals surface area contributed by atoms with Crippen LogP contribution >= 0.6 is 11.6 Å². The summed E-state index contributed by atoms with van der Waals surface area (Å²) in [7, 11) is -4.13. The van der Waals surface area contributed by atoms with E-state index in [1.807, 2.05) is 13.0 Å². The van der Waals surface area contributed by atoms with Crippen LogP contribution in [0, 0.1) is 6.92 Å². The lowest BCUT2D eigenvalue weighted by Gasteiger charge is -2.37. The molecule has 0 aliphatic carbocycles. The Balaban J connectivity index is 2.09. The Hall–Kier alpha value is -3.22. The summed E-state index contributed by atoms with van der Waals surface area (Å²) in [5, 5.41) is 0.349. The Morgan fingerprint density at radius 3 is 2.30 bits per heavy atom. The van der Waals surface area contributed by atoms with E-state index in [9.17, 15) is 18.0 Å². The molecule has 0 spiro atoms. The smallest absolute Gasteiger partial charge is 0.268 e. The fraction of sp³-hybridized carbons (Fsp3) is 0.154. The number of aryl methyl sites for hydroxylation is 1. The third kappa shape index (κ3) is 4.24. The third-order valence-electron chi connectivity index (χ3n) is 5.66. The van der Waals surface area contributed by atoms with Gasteiger partial charge in [0, 0.05) is 22.9 Å². The number of carbonyl (C=O) groups is 2. The zero-order valence-electron chi connectivity index (χ0n) is 18.2. The van der Waals surface area contributed by atoms with Crippen LogP contribution in [0.2, 0.25) is 5.02 Å². The molecule has 0 aromatic heterocycles. The van der Waals surface area contributed by atoms with E-state index in [0.29, 0.717) is 28.1 Å². The average Bonchev–Trinajstić information content (AvgIpc) is 2.79. The quantitative estimate of drug-likeness (QED) is 0.436. The molecule has 0 radical (unpaired) electrons. The predicted molar refractivity (Wildman–Crippen MR) is 130 cm³/mol. The Morgan fingerprint density at radius 2 is 1.70 bits per heavy atom. The van der Waals surface area contributed by atoms with Gasteiger partial charge in [0.25, 0.3) is 10.0 Å². The Morgan fingerprint density at radius 1 is 1.03 bits per heavy atom. The molecule has 0 saturated heterocycles. The van der Waals surface area contributed by atoms with E-state index in [2.05, 4.69) is 0 Å². The molecule has 0 N–H and O–H groups in total. The number of rotatable bonds is 6.